The number of ether oxygens (including phenoxy) is 3. The summed E-state index contributed by atoms with van der Waals surface area (Å²) in [5, 5.41) is 6.21. The lowest BCUT2D eigenvalue weighted by atomic mass is 10.2. The molecule has 0 bridgehead atoms. The second-order valence-corrected chi connectivity index (χ2v) is 7.00. The highest BCUT2D eigenvalue weighted by atomic mass is 16.5. The molecule has 6 heteroatoms. The number of hydrogen-bond donors (Lipinski definition) is 2. The van der Waals surface area contributed by atoms with Crippen molar-refractivity contribution in [2.45, 2.75) is 20.4 Å². The van der Waals surface area contributed by atoms with Crippen molar-refractivity contribution in [2.24, 2.45) is 0 Å². The first-order chi connectivity index (χ1) is 15.1. The molecule has 6 nitrogen and oxygen atoms in total. The fraction of sp³-hybridized carbons (Fsp3) is 0.240. The molecule has 0 aliphatic heterocycles. The van der Waals surface area contributed by atoms with E-state index in [1.54, 1.807) is 7.11 Å². The summed E-state index contributed by atoms with van der Waals surface area (Å²) in [4.78, 5) is 12.2. The Morgan fingerprint density at radius 3 is 2.42 bits per heavy atom. The molecule has 3 aromatic rings. The standard InChI is InChI=1S/C25H28N2O4/c1-4-30-24-15-19(16-26-20-9-11-22(29-3)12-10-20)8-13-23(24)31-17-25(28)27-21-7-5-6-18(2)14-21/h5-15,26H,4,16-17H2,1-3H3,(H,27,28). The molecule has 3 rings (SSSR count). The summed E-state index contributed by atoms with van der Waals surface area (Å²) < 4.78 is 16.6. The van der Waals surface area contributed by atoms with Gasteiger partial charge in [0.15, 0.2) is 18.1 Å². The first-order valence-corrected chi connectivity index (χ1v) is 10.2. The molecule has 0 aliphatic rings. The summed E-state index contributed by atoms with van der Waals surface area (Å²) in [5.41, 5.74) is 3.86. The van der Waals surface area contributed by atoms with Crippen molar-refractivity contribution >= 4 is 17.3 Å². The molecule has 0 heterocycles. The van der Waals surface area contributed by atoms with Crippen LogP contribution >= 0.6 is 0 Å². The quantitative estimate of drug-likeness (QED) is 0.481. The number of hydrogen-bond acceptors (Lipinski definition) is 5. The van der Waals surface area contributed by atoms with Crippen LogP contribution < -0.4 is 24.8 Å². The van der Waals surface area contributed by atoms with E-state index < -0.39 is 0 Å². The van der Waals surface area contributed by atoms with Crippen LogP contribution in [0.3, 0.4) is 0 Å². The molecular weight excluding hydrogens is 392 g/mol. The number of carbonyl (C=O) groups is 1. The van der Waals surface area contributed by atoms with Gasteiger partial charge in [-0.15, -0.1) is 0 Å². The van der Waals surface area contributed by atoms with Crippen molar-refractivity contribution in [1.29, 1.82) is 0 Å². The van der Waals surface area contributed by atoms with Crippen LogP contribution in [-0.2, 0) is 11.3 Å². The van der Waals surface area contributed by atoms with Crippen molar-refractivity contribution in [3.8, 4) is 17.2 Å². The molecule has 3 aromatic carbocycles. The molecule has 31 heavy (non-hydrogen) atoms. The Balaban J connectivity index is 1.59. The third kappa shape index (κ3) is 6.67. The lowest BCUT2D eigenvalue weighted by Crippen LogP contribution is -2.20. The average molecular weight is 421 g/mol. The van der Waals surface area contributed by atoms with E-state index in [0.29, 0.717) is 24.7 Å². The number of benzene rings is 3. The Labute approximate surface area is 183 Å². The summed E-state index contributed by atoms with van der Waals surface area (Å²) >= 11 is 0. The number of carbonyl (C=O) groups excluding carboxylic acids is 1. The van der Waals surface area contributed by atoms with Crippen molar-refractivity contribution in [3.05, 3.63) is 77.9 Å². The summed E-state index contributed by atoms with van der Waals surface area (Å²) in [6.07, 6.45) is 0. The lowest BCUT2D eigenvalue weighted by Gasteiger charge is -2.14. The molecule has 0 fully saturated rings. The number of amides is 1. The first-order valence-electron chi connectivity index (χ1n) is 10.2. The fourth-order valence-electron chi connectivity index (χ4n) is 3.03. The summed E-state index contributed by atoms with van der Waals surface area (Å²) in [6.45, 7) is 4.92. The highest BCUT2D eigenvalue weighted by Gasteiger charge is 2.10. The van der Waals surface area contributed by atoms with Crippen LogP contribution in [0.2, 0.25) is 0 Å². The van der Waals surface area contributed by atoms with Gasteiger partial charge in [0.1, 0.15) is 5.75 Å². The van der Waals surface area contributed by atoms with Crippen molar-refractivity contribution in [3.63, 3.8) is 0 Å². The van der Waals surface area contributed by atoms with Gasteiger partial charge in [0, 0.05) is 17.9 Å². The molecule has 0 aromatic heterocycles. The number of nitrogens with one attached hydrogen (secondary N) is 2. The van der Waals surface area contributed by atoms with E-state index in [2.05, 4.69) is 10.6 Å². The molecule has 1 amide bonds. The first kappa shape index (κ1) is 22.0. The summed E-state index contributed by atoms with van der Waals surface area (Å²) in [7, 11) is 1.65. The number of anilines is 2. The second-order valence-electron chi connectivity index (χ2n) is 7.00. The zero-order chi connectivity index (χ0) is 22.1. The fourth-order valence-corrected chi connectivity index (χ4v) is 3.03. The number of rotatable bonds is 10. The monoisotopic (exact) mass is 420 g/mol. The molecule has 0 radical (unpaired) electrons. The van der Waals surface area contributed by atoms with E-state index in [1.807, 2.05) is 80.6 Å². The summed E-state index contributed by atoms with van der Waals surface area (Å²) in [6, 6.07) is 21.1. The van der Waals surface area contributed by atoms with Crippen molar-refractivity contribution < 1.29 is 19.0 Å². The molecular formula is C25H28N2O4. The van der Waals surface area contributed by atoms with Gasteiger partial charge in [-0.3, -0.25) is 4.79 Å². The molecule has 0 aliphatic carbocycles. The van der Waals surface area contributed by atoms with Crippen LogP contribution in [0.25, 0.3) is 0 Å². The molecule has 0 saturated heterocycles. The Morgan fingerprint density at radius 2 is 1.71 bits per heavy atom. The van der Waals surface area contributed by atoms with E-state index in [-0.39, 0.29) is 12.5 Å². The number of methoxy groups -OCH3 is 1. The maximum atomic E-state index is 12.2. The van der Waals surface area contributed by atoms with Gasteiger partial charge in [0.25, 0.3) is 5.91 Å². The van der Waals surface area contributed by atoms with Crippen LogP contribution in [0, 0.1) is 6.92 Å². The topological polar surface area (TPSA) is 68.8 Å². The van der Waals surface area contributed by atoms with Crippen LogP contribution in [0.4, 0.5) is 11.4 Å². The minimum Gasteiger partial charge on any atom is -0.497 e. The van der Waals surface area contributed by atoms with E-state index in [4.69, 9.17) is 14.2 Å². The highest BCUT2D eigenvalue weighted by Crippen LogP contribution is 2.29. The van der Waals surface area contributed by atoms with Gasteiger partial charge in [-0.1, -0.05) is 18.2 Å². The van der Waals surface area contributed by atoms with Gasteiger partial charge in [-0.25, -0.2) is 0 Å². The Morgan fingerprint density at radius 1 is 0.903 bits per heavy atom. The van der Waals surface area contributed by atoms with Crippen molar-refractivity contribution in [1.82, 2.24) is 0 Å². The van der Waals surface area contributed by atoms with E-state index in [9.17, 15) is 4.79 Å². The third-order valence-electron chi connectivity index (χ3n) is 4.56. The molecule has 162 valence electrons. The van der Waals surface area contributed by atoms with Gasteiger partial charge in [0.05, 0.1) is 13.7 Å². The van der Waals surface area contributed by atoms with Gasteiger partial charge in [-0.2, -0.15) is 0 Å². The van der Waals surface area contributed by atoms with E-state index in [1.165, 1.54) is 0 Å². The predicted octanol–water partition coefficient (Wildman–Crippen LogP) is 5.03. The molecule has 0 unspecified atom stereocenters. The van der Waals surface area contributed by atoms with E-state index >= 15 is 0 Å². The van der Waals surface area contributed by atoms with Gasteiger partial charge >= 0.3 is 0 Å². The second kappa shape index (κ2) is 10.9. The normalized spacial score (nSPS) is 10.3. The number of aryl methyl sites for hydroxylation is 1. The maximum Gasteiger partial charge on any atom is 0.262 e. The largest absolute Gasteiger partial charge is 0.497 e. The Bertz CT molecular complexity index is 1000. The third-order valence-corrected chi connectivity index (χ3v) is 4.56. The van der Waals surface area contributed by atoms with Crippen molar-refractivity contribution in [2.75, 3.05) is 31.0 Å². The predicted molar refractivity (Wildman–Crippen MR) is 123 cm³/mol. The zero-order valence-corrected chi connectivity index (χ0v) is 18.1. The van der Waals surface area contributed by atoms with Crippen LogP contribution in [0.5, 0.6) is 17.2 Å². The average Bonchev–Trinajstić information content (AvgIpc) is 2.77. The zero-order valence-electron chi connectivity index (χ0n) is 18.1. The van der Waals surface area contributed by atoms with E-state index in [0.717, 1.165) is 28.3 Å². The molecule has 0 saturated carbocycles. The Kier molecular flexibility index (Phi) is 7.76. The Hall–Kier alpha value is -3.67. The SMILES string of the molecule is CCOc1cc(CNc2ccc(OC)cc2)ccc1OCC(=O)Nc1cccc(C)c1. The smallest absolute Gasteiger partial charge is 0.262 e. The van der Waals surface area contributed by atoms with Crippen LogP contribution in [-0.4, -0.2) is 26.2 Å². The summed E-state index contributed by atoms with van der Waals surface area (Å²) in [5.74, 6) is 1.74. The van der Waals surface area contributed by atoms with Gasteiger partial charge in [0.2, 0.25) is 0 Å². The van der Waals surface area contributed by atoms with Gasteiger partial charge in [-0.05, 0) is 73.5 Å². The molecule has 0 spiro atoms. The lowest BCUT2D eigenvalue weighted by molar-refractivity contribution is -0.118. The highest BCUT2D eigenvalue weighted by molar-refractivity contribution is 5.92. The van der Waals surface area contributed by atoms with Gasteiger partial charge < -0.3 is 24.8 Å². The van der Waals surface area contributed by atoms with Crippen LogP contribution in [0.1, 0.15) is 18.1 Å². The minimum atomic E-state index is -0.224. The minimum absolute atomic E-state index is 0.0997. The van der Waals surface area contributed by atoms with Crippen LogP contribution in [0.15, 0.2) is 66.7 Å². The maximum absolute atomic E-state index is 12.2. The molecule has 2 N–H and O–H groups in total. The molecule has 0 atom stereocenters.